The highest BCUT2D eigenvalue weighted by atomic mass is 16.5. The number of hydrogen-bond acceptors (Lipinski definition) is 3. The van der Waals surface area contributed by atoms with Gasteiger partial charge in [-0.1, -0.05) is 18.2 Å². The molecule has 3 rings (SSSR count). The fraction of sp³-hybridized carbons (Fsp3) is 0.389. The molecule has 21 heavy (non-hydrogen) atoms. The predicted octanol–water partition coefficient (Wildman–Crippen LogP) is 3.39. The zero-order valence-corrected chi connectivity index (χ0v) is 12.9. The molecule has 0 fully saturated rings. The molecule has 0 saturated carbocycles. The van der Waals surface area contributed by atoms with Crippen LogP contribution in [0.4, 0.5) is 0 Å². The van der Waals surface area contributed by atoms with Crippen LogP contribution < -0.4 is 10.1 Å². The third kappa shape index (κ3) is 3.24. The monoisotopic (exact) mass is 282 g/mol. The maximum Gasteiger partial charge on any atom is 0.123 e. The van der Waals surface area contributed by atoms with Crippen molar-refractivity contribution in [3.8, 4) is 5.75 Å². The minimum Gasteiger partial charge on any atom is -0.487 e. The molecule has 0 saturated heterocycles. The largest absolute Gasteiger partial charge is 0.487 e. The van der Waals surface area contributed by atoms with Crippen LogP contribution in [0.15, 0.2) is 36.5 Å². The van der Waals surface area contributed by atoms with Crippen molar-refractivity contribution >= 4 is 0 Å². The lowest BCUT2D eigenvalue weighted by molar-refractivity contribution is 0.138. The Morgan fingerprint density at radius 1 is 1.24 bits per heavy atom. The molecule has 1 aromatic heterocycles. The summed E-state index contributed by atoms with van der Waals surface area (Å²) in [7, 11) is 0. The van der Waals surface area contributed by atoms with E-state index in [0.29, 0.717) is 0 Å². The Kier molecular flexibility index (Phi) is 3.68. The molecular weight excluding hydrogens is 260 g/mol. The van der Waals surface area contributed by atoms with Crippen molar-refractivity contribution in [2.45, 2.75) is 45.9 Å². The van der Waals surface area contributed by atoms with Gasteiger partial charge in [-0.3, -0.25) is 4.98 Å². The first kappa shape index (κ1) is 14.1. The first-order valence-electron chi connectivity index (χ1n) is 7.45. The molecule has 1 aromatic carbocycles. The van der Waals surface area contributed by atoms with E-state index < -0.39 is 0 Å². The van der Waals surface area contributed by atoms with Crippen LogP contribution in [0.2, 0.25) is 0 Å². The van der Waals surface area contributed by atoms with Crippen molar-refractivity contribution in [2.24, 2.45) is 0 Å². The molecule has 0 atom stereocenters. The fourth-order valence-corrected chi connectivity index (χ4v) is 2.80. The van der Waals surface area contributed by atoms with E-state index in [-0.39, 0.29) is 5.60 Å². The number of hydrogen-bond donors (Lipinski definition) is 1. The zero-order chi connectivity index (χ0) is 14.9. The van der Waals surface area contributed by atoms with Crippen molar-refractivity contribution in [3.63, 3.8) is 0 Å². The highest BCUT2D eigenvalue weighted by Gasteiger charge is 2.29. The molecule has 1 N–H and O–H groups in total. The Balaban J connectivity index is 1.61. The fourth-order valence-electron chi connectivity index (χ4n) is 2.80. The highest BCUT2D eigenvalue weighted by molar-refractivity contribution is 5.41. The van der Waals surface area contributed by atoms with E-state index in [4.69, 9.17) is 4.74 Å². The minimum absolute atomic E-state index is 0.0700. The van der Waals surface area contributed by atoms with Gasteiger partial charge in [0.25, 0.3) is 0 Å². The Bertz CT molecular complexity index is 649. The van der Waals surface area contributed by atoms with E-state index in [1.165, 1.54) is 16.7 Å². The third-order valence-corrected chi connectivity index (χ3v) is 3.87. The van der Waals surface area contributed by atoms with E-state index in [2.05, 4.69) is 55.3 Å². The summed E-state index contributed by atoms with van der Waals surface area (Å²) in [6.07, 6.45) is 2.83. The number of ether oxygens (including phenoxy) is 1. The molecule has 0 bridgehead atoms. The number of aryl methyl sites for hydroxylation is 1. The average molecular weight is 282 g/mol. The first-order valence-corrected chi connectivity index (χ1v) is 7.45. The number of rotatable bonds is 4. The van der Waals surface area contributed by atoms with Crippen molar-refractivity contribution < 1.29 is 4.74 Å². The highest BCUT2D eigenvalue weighted by Crippen LogP contribution is 2.35. The SMILES string of the molecule is Cc1cccnc1CNCc1ccc2c(c1)CC(C)(C)O2. The molecule has 0 amide bonds. The molecule has 0 radical (unpaired) electrons. The molecule has 0 unspecified atom stereocenters. The molecule has 1 aliphatic heterocycles. The van der Waals surface area contributed by atoms with E-state index in [1.807, 2.05) is 12.3 Å². The molecule has 2 heterocycles. The van der Waals surface area contributed by atoms with Crippen LogP contribution in [0.25, 0.3) is 0 Å². The number of pyridine rings is 1. The van der Waals surface area contributed by atoms with Gasteiger partial charge in [0.1, 0.15) is 11.4 Å². The van der Waals surface area contributed by atoms with Crippen LogP contribution in [-0.2, 0) is 19.5 Å². The van der Waals surface area contributed by atoms with E-state index in [1.54, 1.807) is 0 Å². The van der Waals surface area contributed by atoms with Gasteiger partial charge >= 0.3 is 0 Å². The molecule has 3 heteroatoms. The summed E-state index contributed by atoms with van der Waals surface area (Å²) in [5.74, 6) is 1.03. The van der Waals surface area contributed by atoms with Crippen LogP contribution in [0.3, 0.4) is 0 Å². The quantitative estimate of drug-likeness (QED) is 0.933. The second-order valence-corrected chi connectivity index (χ2v) is 6.35. The second-order valence-electron chi connectivity index (χ2n) is 6.35. The van der Waals surface area contributed by atoms with Crippen LogP contribution in [-0.4, -0.2) is 10.6 Å². The lowest BCUT2D eigenvalue weighted by Gasteiger charge is -2.16. The summed E-state index contributed by atoms with van der Waals surface area (Å²) in [6, 6.07) is 10.5. The van der Waals surface area contributed by atoms with E-state index in [0.717, 1.165) is 31.0 Å². The van der Waals surface area contributed by atoms with E-state index in [9.17, 15) is 0 Å². The maximum atomic E-state index is 5.91. The normalized spacial score (nSPS) is 15.6. The maximum absolute atomic E-state index is 5.91. The Morgan fingerprint density at radius 3 is 2.90 bits per heavy atom. The summed E-state index contributed by atoms with van der Waals surface area (Å²) in [5.41, 5.74) is 4.88. The van der Waals surface area contributed by atoms with Crippen LogP contribution in [0, 0.1) is 6.92 Å². The molecule has 0 spiro atoms. The third-order valence-electron chi connectivity index (χ3n) is 3.87. The summed E-state index contributed by atoms with van der Waals surface area (Å²) in [4.78, 5) is 4.40. The number of aromatic nitrogens is 1. The van der Waals surface area contributed by atoms with Gasteiger partial charge in [-0.15, -0.1) is 0 Å². The number of nitrogens with one attached hydrogen (secondary N) is 1. The van der Waals surface area contributed by atoms with Crippen molar-refractivity contribution in [1.29, 1.82) is 0 Å². The number of fused-ring (bicyclic) bond motifs is 1. The minimum atomic E-state index is -0.0700. The Hall–Kier alpha value is -1.87. The standard InChI is InChI=1S/C18H22N2O/c1-13-5-4-8-20-16(13)12-19-11-14-6-7-17-15(9-14)10-18(2,3)21-17/h4-9,19H,10-12H2,1-3H3. The van der Waals surface area contributed by atoms with Gasteiger partial charge in [-0.25, -0.2) is 0 Å². The van der Waals surface area contributed by atoms with Gasteiger partial charge in [0, 0.05) is 25.7 Å². The van der Waals surface area contributed by atoms with Gasteiger partial charge in [-0.2, -0.15) is 0 Å². The topological polar surface area (TPSA) is 34.2 Å². The van der Waals surface area contributed by atoms with Crippen LogP contribution in [0.1, 0.15) is 36.2 Å². The van der Waals surface area contributed by atoms with Gasteiger partial charge in [0.2, 0.25) is 0 Å². The first-order chi connectivity index (χ1) is 10.0. The number of nitrogens with zero attached hydrogens (tertiary/aromatic N) is 1. The van der Waals surface area contributed by atoms with Crippen LogP contribution in [0.5, 0.6) is 5.75 Å². The van der Waals surface area contributed by atoms with Gasteiger partial charge in [0.05, 0.1) is 5.69 Å². The second kappa shape index (κ2) is 5.49. The number of benzene rings is 1. The van der Waals surface area contributed by atoms with Gasteiger partial charge in [0.15, 0.2) is 0 Å². The van der Waals surface area contributed by atoms with Gasteiger partial charge < -0.3 is 10.1 Å². The lowest BCUT2D eigenvalue weighted by Crippen LogP contribution is -2.24. The van der Waals surface area contributed by atoms with Crippen molar-refractivity contribution in [1.82, 2.24) is 10.3 Å². The Morgan fingerprint density at radius 2 is 2.10 bits per heavy atom. The van der Waals surface area contributed by atoms with Gasteiger partial charge in [-0.05, 0) is 49.6 Å². The molecule has 110 valence electrons. The summed E-state index contributed by atoms with van der Waals surface area (Å²) in [5, 5.41) is 3.47. The zero-order valence-electron chi connectivity index (χ0n) is 12.9. The Labute approximate surface area is 126 Å². The van der Waals surface area contributed by atoms with Crippen molar-refractivity contribution in [3.05, 3.63) is 58.9 Å². The predicted molar refractivity (Wildman–Crippen MR) is 84.4 cm³/mol. The van der Waals surface area contributed by atoms with Crippen LogP contribution >= 0.6 is 0 Å². The van der Waals surface area contributed by atoms with Crippen molar-refractivity contribution in [2.75, 3.05) is 0 Å². The summed E-state index contributed by atoms with van der Waals surface area (Å²) in [6.45, 7) is 8.01. The summed E-state index contributed by atoms with van der Waals surface area (Å²) >= 11 is 0. The average Bonchev–Trinajstić information content (AvgIpc) is 2.74. The molecule has 1 aliphatic rings. The summed E-state index contributed by atoms with van der Waals surface area (Å²) < 4.78 is 5.91. The molecular formula is C18H22N2O. The lowest BCUT2D eigenvalue weighted by atomic mass is 10.0. The molecule has 2 aromatic rings. The molecule has 0 aliphatic carbocycles. The van der Waals surface area contributed by atoms with E-state index >= 15 is 0 Å². The smallest absolute Gasteiger partial charge is 0.123 e. The molecule has 3 nitrogen and oxygen atoms in total.